The number of Topliss-reactive ketones (excluding diaryl/α,β-unsaturated/α-hetero) is 2. The second-order valence-electron chi connectivity index (χ2n) is 9.97. The van der Waals surface area contributed by atoms with Gasteiger partial charge in [0, 0.05) is 16.7 Å². The molecule has 0 aromatic heterocycles. The Morgan fingerprint density at radius 2 is 1.93 bits per heavy atom. The van der Waals surface area contributed by atoms with Crippen LogP contribution in [0.1, 0.15) is 59.3 Å². The lowest BCUT2D eigenvalue weighted by molar-refractivity contribution is -0.216. The number of halogens is 1. The van der Waals surface area contributed by atoms with Gasteiger partial charge in [0.15, 0.2) is 17.2 Å². The van der Waals surface area contributed by atoms with Crippen LogP contribution in [0.25, 0.3) is 0 Å². The SMILES string of the molecule is CC(=O)CC(=O)[C@@]1(O)CC[C@H]2[C@@H]3CCC4=CC(=O)C=C[C@]4(C)[C@@]3(F)[C@@H](O)C[C@@]21C. The van der Waals surface area contributed by atoms with Crippen molar-refractivity contribution in [3.8, 4) is 0 Å². The van der Waals surface area contributed by atoms with Crippen molar-refractivity contribution in [3.05, 3.63) is 23.8 Å². The first kappa shape index (κ1) is 20.6. The van der Waals surface area contributed by atoms with E-state index in [1.165, 1.54) is 19.1 Å². The molecule has 0 amide bonds. The molecule has 0 aromatic carbocycles. The third kappa shape index (κ3) is 2.42. The molecule has 6 heteroatoms. The van der Waals surface area contributed by atoms with E-state index >= 15 is 4.39 Å². The van der Waals surface area contributed by atoms with Gasteiger partial charge in [-0.15, -0.1) is 0 Å². The molecule has 7 atom stereocenters. The molecule has 0 saturated heterocycles. The maximum atomic E-state index is 16.9. The lowest BCUT2D eigenvalue weighted by Gasteiger charge is -2.62. The number of alkyl halides is 1. The average molecular weight is 404 g/mol. The molecular formula is C23H29FO5. The van der Waals surface area contributed by atoms with E-state index in [1.807, 2.05) is 0 Å². The molecule has 2 N–H and O–H groups in total. The first-order valence-corrected chi connectivity index (χ1v) is 10.5. The van der Waals surface area contributed by atoms with Gasteiger partial charge in [0.05, 0.1) is 12.5 Å². The molecule has 3 fully saturated rings. The van der Waals surface area contributed by atoms with Gasteiger partial charge in [-0.3, -0.25) is 14.4 Å². The second-order valence-corrected chi connectivity index (χ2v) is 9.97. The van der Waals surface area contributed by atoms with Gasteiger partial charge in [0.2, 0.25) is 0 Å². The minimum absolute atomic E-state index is 0.0601. The van der Waals surface area contributed by atoms with Gasteiger partial charge in [-0.05, 0) is 64.0 Å². The maximum absolute atomic E-state index is 16.9. The summed E-state index contributed by atoms with van der Waals surface area (Å²) in [5, 5.41) is 22.5. The van der Waals surface area contributed by atoms with E-state index in [4.69, 9.17) is 0 Å². The van der Waals surface area contributed by atoms with E-state index in [0.717, 1.165) is 0 Å². The van der Waals surface area contributed by atoms with Gasteiger partial charge < -0.3 is 10.2 Å². The van der Waals surface area contributed by atoms with Crippen molar-refractivity contribution in [1.29, 1.82) is 0 Å². The Bertz CT molecular complexity index is 861. The summed E-state index contributed by atoms with van der Waals surface area (Å²) in [5.74, 6) is -1.85. The predicted molar refractivity (Wildman–Crippen MR) is 104 cm³/mol. The molecule has 4 aliphatic rings. The number of aliphatic hydroxyl groups is 2. The molecule has 0 bridgehead atoms. The van der Waals surface area contributed by atoms with Crippen LogP contribution < -0.4 is 0 Å². The maximum Gasteiger partial charge on any atom is 0.178 e. The number of carbonyl (C=O) groups excluding carboxylic acids is 3. The van der Waals surface area contributed by atoms with Crippen molar-refractivity contribution in [2.45, 2.75) is 76.7 Å². The Morgan fingerprint density at radius 1 is 1.24 bits per heavy atom. The molecule has 3 saturated carbocycles. The minimum atomic E-state index is -1.98. The largest absolute Gasteiger partial charge is 0.390 e. The molecule has 0 aliphatic heterocycles. The van der Waals surface area contributed by atoms with Crippen LogP contribution in [-0.2, 0) is 14.4 Å². The van der Waals surface area contributed by atoms with Crippen molar-refractivity contribution in [3.63, 3.8) is 0 Å². The molecule has 0 aromatic rings. The van der Waals surface area contributed by atoms with Crippen LogP contribution in [0, 0.1) is 22.7 Å². The summed E-state index contributed by atoms with van der Waals surface area (Å²) >= 11 is 0. The van der Waals surface area contributed by atoms with E-state index in [1.54, 1.807) is 19.9 Å². The van der Waals surface area contributed by atoms with Crippen molar-refractivity contribution < 1.29 is 29.0 Å². The fourth-order valence-electron chi connectivity index (χ4n) is 7.05. The molecule has 4 rings (SSSR count). The van der Waals surface area contributed by atoms with E-state index in [0.29, 0.717) is 24.8 Å². The van der Waals surface area contributed by atoms with Crippen LogP contribution in [0.4, 0.5) is 4.39 Å². The summed E-state index contributed by atoms with van der Waals surface area (Å²) in [4.78, 5) is 36.2. The standard InChI is InChI=1S/C23H29FO5/c1-13(25)10-18(27)22(29)9-7-16-17-5-4-14-11-15(26)6-8-20(14,2)23(17,24)19(28)12-21(16,22)3/h6,8,11,16-17,19,28-29H,4-5,7,9-10,12H2,1-3H3/t16-,17-,19-,20-,21-,22-,23-/m0/s1. The van der Waals surface area contributed by atoms with Crippen LogP contribution in [-0.4, -0.2) is 44.9 Å². The van der Waals surface area contributed by atoms with Crippen LogP contribution >= 0.6 is 0 Å². The van der Waals surface area contributed by atoms with Crippen LogP contribution in [0.5, 0.6) is 0 Å². The lowest BCUT2D eigenvalue weighted by Crippen LogP contribution is -2.69. The topological polar surface area (TPSA) is 91.7 Å². The van der Waals surface area contributed by atoms with Gasteiger partial charge in [-0.2, -0.15) is 0 Å². The number of fused-ring (bicyclic) bond motifs is 5. The smallest absolute Gasteiger partial charge is 0.178 e. The Labute approximate surface area is 170 Å². The summed E-state index contributed by atoms with van der Waals surface area (Å²) in [5.41, 5.74) is -5.10. The Morgan fingerprint density at radius 3 is 2.59 bits per heavy atom. The quantitative estimate of drug-likeness (QED) is 0.706. The number of allylic oxidation sites excluding steroid dienone is 4. The fourth-order valence-corrected chi connectivity index (χ4v) is 7.05. The van der Waals surface area contributed by atoms with Crippen LogP contribution in [0.2, 0.25) is 0 Å². The lowest BCUT2D eigenvalue weighted by atomic mass is 9.44. The highest BCUT2D eigenvalue weighted by atomic mass is 19.1. The molecule has 0 unspecified atom stereocenters. The molecule has 0 radical (unpaired) electrons. The third-order valence-electron chi connectivity index (χ3n) is 8.66. The number of carbonyl (C=O) groups is 3. The molecule has 29 heavy (non-hydrogen) atoms. The van der Waals surface area contributed by atoms with Crippen molar-refractivity contribution >= 4 is 17.3 Å². The highest BCUT2D eigenvalue weighted by Gasteiger charge is 2.74. The summed E-state index contributed by atoms with van der Waals surface area (Å²) in [7, 11) is 0. The zero-order chi connectivity index (χ0) is 21.4. The zero-order valence-electron chi connectivity index (χ0n) is 17.2. The summed E-state index contributed by atoms with van der Waals surface area (Å²) in [6.45, 7) is 4.81. The first-order chi connectivity index (χ1) is 13.4. The van der Waals surface area contributed by atoms with Gasteiger partial charge in [-0.1, -0.05) is 18.6 Å². The second kappa shape index (κ2) is 6.17. The highest BCUT2D eigenvalue weighted by molar-refractivity contribution is 6.03. The summed E-state index contributed by atoms with van der Waals surface area (Å²) in [6.07, 6.45) is 4.28. The number of hydrogen-bond acceptors (Lipinski definition) is 5. The van der Waals surface area contributed by atoms with E-state index in [9.17, 15) is 24.6 Å². The van der Waals surface area contributed by atoms with Crippen molar-refractivity contribution in [2.75, 3.05) is 0 Å². The average Bonchev–Trinajstić information content (AvgIpc) is 2.89. The number of hydrogen-bond donors (Lipinski definition) is 2. The molecule has 158 valence electrons. The molecule has 0 spiro atoms. The van der Waals surface area contributed by atoms with E-state index in [2.05, 4.69) is 0 Å². The minimum Gasteiger partial charge on any atom is -0.390 e. The monoisotopic (exact) mass is 404 g/mol. The zero-order valence-corrected chi connectivity index (χ0v) is 17.2. The van der Waals surface area contributed by atoms with Gasteiger partial charge >= 0.3 is 0 Å². The van der Waals surface area contributed by atoms with Crippen molar-refractivity contribution in [1.82, 2.24) is 0 Å². The summed E-state index contributed by atoms with van der Waals surface area (Å²) in [6, 6.07) is 0. The predicted octanol–water partition coefficient (Wildman–Crippen LogP) is 2.64. The summed E-state index contributed by atoms with van der Waals surface area (Å²) < 4.78 is 16.9. The number of aliphatic hydroxyl groups excluding tert-OH is 1. The molecule has 4 aliphatic carbocycles. The number of ketones is 3. The Hall–Kier alpha value is -1.66. The van der Waals surface area contributed by atoms with Crippen LogP contribution in [0.3, 0.4) is 0 Å². The van der Waals surface area contributed by atoms with Gasteiger partial charge in [0.1, 0.15) is 11.4 Å². The first-order valence-electron chi connectivity index (χ1n) is 10.5. The van der Waals surface area contributed by atoms with E-state index < -0.39 is 39.9 Å². The number of rotatable bonds is 3. The van der Waals surface area contributed by atoms with Gasteiger partial charge in [-0.25, -0.2) is 4.39 Å². The molecular weight excluding hydrogens is 375 g/mol. The molecule has 5 nitrogen and oxygen atoms in total. The molecule has 0 heterocycles. The Balaban J connectivity index is 1.77. The highest BCUT2D eigenvalue weighted by Crippen LogP contribution is 2.69. The van der Waals surface area contributed by atoms with Gasteiger partial charge in [0.25, 0.3) is 0 Å². The van der Waals surface area contributed by atoms with Crippen LogP contribution in [0.15, 0.2) is 23.8 Å². The Kier molecular flexibility index (Phi) is 4.39. The fraction of sp³-hybridized carbons (Fsp3) is 0.696. The third-order valence-corrected chi connectivity index (χ3v) is 8.66. The van der Waals surface area contributed by atoms with Crippen molar-refractivity contribution in [2.24, 2.45) is 22.7 Å². The van der Waals surface area contributed by atoms with E-state index in [-0.39, 0.29) is 36.7 Å². The normalized spacial score (nSPS) is 48.4.